The maximum absolute atomic E-state index is 14.4. The highest BCUT2D eigenvalue weighted by Crippen LogP contribution is 2.45. The number of hydrogen-bond donors (Lipinski definition) is 4. The Morgan fingerprint density at radius 3 is 1.35 bits per heavy atom. The van der Waals surface area contributed by atoms with E-state index >= 15 is 0 Å². The number of carbonyl (C=O) groups excluding carboxylic acids is 6. The summed E-state index contributed by atoms with van der Waals surface area (Å²) in [5.41, 5.74) is 8.53. The van der Waals surface area contributed by atoms with Crippen LogP contribution in [0.15, 0.2) is 121 Å². The molecule has 384 valence electrons. The molecule has 4 aromatic rings. The summed E-state index contributed by atoms with van der Waals surface area (Å²) < 4.78 is 48.2. The van der Waals surface area contributed by atoms with Crippen molar-refractivity contribution in [3.63, 3.8) is 0 Å². The number of ether oxygens (including phenoxy) is 4. The molecule has 0 radical (unpaired) electrons. The van der Waals surface area contributed by atoms with Crippen LogP contribution < -0.4 is 21.5 Å². The van der Waals surface area contributed by atoms with Crippen molar-refractivity contribution in [3.8, 4) is 0 Å². The van der Waals surface area contributed by atoms with Gasteiger partial charge in [-0.1, -0.05) is 141 Å². The molecule has 0 fully saturated rings. The van der Waals surface area contributed by atoms with E-state index in [-0.39, 0.29) is 90.5 Å². The van der Waals surface area contributed by atoms with Gasteiger partial charge in [0.2, 0.25) is 11.8 Å². The van der Waals surface area contributed by atoms with E-state index in [1.807, 2.05) is 55.5 Å². The second-order valence-corrected chi connectivity index (χ2v) is 18.5. The van der Waals surface area contributed by atoms with Crippen LogP contribution in [0.2, 0.25) is 0 Å². The van der Waals surface area contributed by atoms with Crippen LogP contribution in [0, 0.1) is 0 Å². The quantitative estimate of drug-likeness (QED) is 0.0150. The third kappa shape index (κ3) is 24.0. The maximum atomic E-state index is 14.4. The normalized spacial score (nSPS) is 13.1. The molecule has 4 atom stereocenters. The topological polar surface area (TPSA) is 237 Å². The molecule has 0 aliphatic carbocycles. The minimum Gasteiger partial charge on any atom is -0.461 e. The van der Waals surface area contributed by atoms with E-state index < -0.39 is 55.7 Å². The van der Waals surface area contributed by atoms with Crippen molar-refractivity contribution in [2.24, 2.45) is 5.73 Å². The van der Waals surface area contributed by atoms with E-state index in [0.29, 0.717) is 36.9 Å². The lowest BCUT2D eigenvalue weighted by atomic mass is 10.1. The van der Waals surface area contributed by atoms with Crippen LogP contribution in [0.5, 0.6) is 0 Å². The van der Waals surface area contributed by atoms with Gasteiger partial charge in [0.1, 0.15) is 44.6 Å². The van der Waals surface area contributed by atoms with Gasteiger partial charge in [0, 0.05) is 19.3 Å². The highest BCUT2D eigenvalue weighted by molar-refractivity contribution is 7.51. The minimum atomic E-state index is -4.31. The number of nitrogens with two attached hydrogens (primary N) is 1. The fourth-order valence-electron chi connectivity index (χ4n) is 6.81. The molecule has 71 heavy (non-hydrogen) atoms. The molecule has 0 aromatic heterocycles. The predicted octanol–water partition coefficient (Wildman–Crippen LogP) is 7.69. The van der Waals surface area contributed by atoms with E-state index in [1.165, 1.54) is 0 Å². The van der Waals surface area contributed by atoms with E-state index in [0.717, 1.165) is 24.0 Å². The summed E-state index contributed by atoms with van der Waals surface area (Å²) in [6, 6.07) is 32.3. The standard InChI is InChI=1S/C53H69N4O13P/c1-2-3-35-69-71(64,57-47(53(63)68-40-44-26-15-7-16-27-44)31-33-50(60)65-37-41-20-9-4-10-21-41)70-36-19-28-45(51(61)66-38-42-22-11-5-12-23-42)55-49(59)32-30-46(56-48(58)29-17-8-18-34-54)52(62)67-39-43-24-13-6-14-25-43/h4-7,9-16,20-27,45-47H,2-3,8,17-19,28-40,54H2,1H3,(H,55,59)(H,56,58)(H,57,64)/t45-,46-,47-,71?/m0/s1. The Labute approximate surface area is 416 Å². The number of unbranched alkanes of at least 4 members (excludes halogenated alkanes) is 3. The van der Waals surface area contributed by atoms with Crippen molar-refractivity contribution in [1.82, 2.24) is 15.7 Å². The van der Waals surface area contributed by atoms with Crippen LogP contribution in [0.1, 0.15) is 106 Å². The maximum Gasteiger partial charge on any atom is 0.406 e. The fourth-order valence-corrected chi connectivity index (χ4v) is 8.39. The van der Waals surface area contributed by atoms with Gasteiger partial charge in [-0.05, 0) is 73.7 Å². The molecular formula is C53H69N4O13P. The number of esters is 4. The minimum absolute atomic E-state index is 0.00566. The largest absolute Gasteiger partial charge is 0.461 e. The van der Waals surface area contributed by atoms with Gasteiger partial charge in [-0.15, -0.1) is 0 Å². The molecule has 0 spiro atoms. The molecule has 0 aliphatic rings. The number of benzene rings is 4. The predicted molar refractivity (Wildman–Crippen MR) is 265 cm³/mol. The monoisotopic (exact) mass is 1000 g/mol. The molecule has 0 bridgehead atoms. The lowest BCUT2D eigenvalue weighted by Crippen LogP contribution is -2.45. The Balaban J connectivity index is 1.44. The summed E-state index contributed by atoms with van der Waals surface area (Å²) in [7, 11) is -4.31. The molecule has 2 amide bonds. The van der Waals surface area contributed by atoms with Crippen molar-refractivity contribution in [2.45, 2.75) is 129 Å². The molecule has 17 nitrogen and oxygen atoms in total. The van der Waals surface area contributed by atoms with Gasteiger partial charge in [-0.2, -0.15) is 0 Å². The highest BCUT2D eigenvalue weighted by atomic mass is 31.2. The number of nitrogens with one attached hydrogen (secondary N) is 3. The van der Waals surface area contributed by atoms with Crippen molar-refractivity contribution in [1.29, 1.82) is 0 Å². The van der Waals surface area contributed by atoms with Crippen LogP contribution in [-0.4, -0.2) is 73.6 Å². The van der Waals surface area contributed by atoms with E-state index in [9.17, 15) is 33.3 Å². The first-order valence-corrected chi connectivity index (χ1v) is 25.8. The van der Waals surface area contributed by atoms with Crippen molar-refractivity contribution in [3.05, 3.63) is 144 Å². The number of rotatable bonds is 35. The lowest BCUT2D eigenvalue weighted by Gasteiger charge is -2.25. The first-order chi connectivity index (χ1) is 34.5. The number of amides is 2. The fraction of sp³-hybridized carbons (Fsp3) is 0.434. The van der Waals surface area contributed by atoms with Crippen LogP contribution in [0.25, 0.3) is 0 Å². The Bertz CT molecular complexity index is 2240. The summed E-state index contributed by atoms with van der Waals surface area (Å²) in [5.74, 6) is -3.86. The van der Waals surface area contributed by atoms with Gasteiger partial charge in [0.25, 0.3) is 0 Å². The van der Waals surface area contributed by atoms with Crippen LogP contribution in [0.4, 0.5) is 0 Å². The molecule has 4 rings (SSSR count). The molecule has 4 aromatic carbocycles. The number of carbonyl (C=O) groups is 6. The first-order valence-electron chi connectivity index (χ1n) is 24.2. The zero-order valence-corrected chi connectivity index (χ0v) is 41.4. The average Bonchev–Trinajstić information content (AvgIpc) is 3.39. The second kappa shape index (κ2) is 33.4. The molecule has 0 saturated heterocycles. The molecular weight excluding hydrogens is 932 g/mol. The van der Waals surface area contributed by atoms with Gasteiger partial charge >= 0.3 is 31.6 Å². The summed E-state index contributed by atoms with van der Waals surface area (Å²) >= 11 is 0. The van der Waals surface area contributed by atoms with Gasteiger partial charge < -0.3 is 35.3 Å². The smallest absolute Gasteiger partial charge is 0.406 e. The molecule has 0 heterocycles. The Kier molecular flexibility index (Phi) is 27.0. The Morgan fingerprint density at radius 1 is 0.479 bits per heavy atom. The summed E-state index contributed by atoms with van der Waals surface area (Å²) in [5, 5.41) is 8.12. The van der Waals surface area contributed by atoms with Gasteiger partial charge in [-0.3, -0.25) is 28.2 Å². The zero-order valence-electron chi connectivity index (χ0n) is 40.5. The molecule has 5 N–H and O–H groups in total. The third-order valence-corrected chi connectivity index (χ3v) is 12.5. The van der Waals surface area contributed by atoms with Crippen LogP contribution in [0.3, 0.4) is 0 Å². The van der Waals surface area contributed by atoms with E-state index in [1.54, 1.807) is 72.8 Å². The molecule has 1 unspecified atom stereocenters. The van der Waals surface area contributed by atoms with Gasteiger partial charge in [0.05, 0.1) is 13.2 Å². The average molecular weight is 1000 g/mol. The van der Waals surface area contributed by atoms with Crippen LogP contribution in [-0.2, 0) is 87.8 Å². The highest BCUT2D eigenvalue weighted by Gasteiger charge is 2.34. The zero-order chi connectivity index (χ0) is 50.9. The van der Waals surface area contributed by atoms with Crippen LogP contribution >= 0.6 is 7.75 Å². The van der Waals surface area contributed by atoms with Crippen molar-refractivity contribution in [2.75, 3.05) is 19.8 Å². The first kappa shape index (κ1) is 57.3. The lowest BCUT2D eigenvalue weighted by molar-refractivity contribution is -0.150. The molecule has 0 aliphatic heterocycles. The summed E-state index contributed by atoms with van der Waals surface area (Å²) in [6.45, 7) is 1.96. The summed E-state index contributed by atoms with van der Waals surface area (Å²) in [6.07, 6.45) is 2.59. The third-order valence-electron chi connectivity index (χ3n) is 10.8. The second-order valence-electron chi connectivity index (χ2n) is 16.7. The van der Waals surface area contributed by atoms with E-state index in [4.69, 9.17) is 33.7 Å². The van der Waals surface area contributed by atoms with Gasteiger partial charge in [-0.25, -0.2) is 19.2 Å². The molecule has 0 saturated carbocycles. The van der Waals surface area contributed by atoms with Crippen molar-refractivity contribution < 1.29 is 61.3 Å². The summed E-state index contributed by atoms with van der Waals surface area (Å²) in [4.78, 5) is 79.9. The Morgan fingerprint density at radius 2 is 0.887 bits per heavy atom. The SMILES string of the molecule is CCCCOP(=O)(N[C@@H](CCC(=O)OCc1ccccc1)C(=O)OCc1ccccc1)OCCC[C@H](NC(=O)CC[C@H](NC(=O)CCCCCN)C(=O)OCc1ccccc1)C(=O)OCc1ccccc1. The van der Waals surface area contributed by atoms with Crippen molar-refractivity contribution >= 4 is 43.4 Å². The van der Waals surface area contributed by atoms with Gasteiger partial charge in [0.15, 0.2) is 0 Å². The number of hydrogen-bond acceptors (Lipinski definition) is 14. The molecule has 18 heteroatoms. The van der Waals surface area contributed by atoms with E-state index in [2.05, 4.69) is 15.7 Å². The Hall–Kier alpha value is -6.23.